The van der Waals surface area contributed by atoms with Crippen molar-refractivity contribution in [3.63, 3.8) is 0 Å². The molecule has 1 aliphatic heterocycles. The Bertz CT molecular complexity index is 723. The molecule has 5 nitrogen and oxygen atoms in total. The van der Waals surface area contributed by atoms with Gasteiger partial charge in [0, 0.05) is 0 Å². The molecule has 2 aromatic rings. The number of benzene rings is 1. The van der Waals surface area contributed by atoms with Crippen molar-refractivity contribution in [1.82, 2.24) is 15.0 Å². The number of methoxy groups -OCH3 is 1. The maximum Gasteiger partial charge on any atom is 0.244 e. The predicted octanol–water partition coefficient (Wildman–Crippen LogP) is 4.10. The van der Waals surface area contributed by atoms with Gasteiger partial charge in [0.2, 0.25) is 5.89 Å². The zero-order valence-electron chi connectivity index (χ0n) is 15.2. The normalized spacial score (nSPS) is 22.7. The number of ether oxygens (including phenoxy) is 1. The first-order valence-electron chi connectivity index (χ1n) is 9.49. The molecule has 25 heavy (non-hydrogen) atoms. The molecule has 1 aliphatic carbocycles. The molecule has 4 rings (SSSR count). The van der Waals surface area contributed by atoms with E-state index in [2.05, 4.69) is 35.2 Å². The topological polar surface area (TPSA) is 51.4 Å². The van der Waals surface area contributed by atoms with E-state index in [0.29, 0.717) is 6.04 Å². The molecular formula is C20H27N3O2. The fourth-order valence-corrected chi connectivity index (χ4v) is 4.32. The van der Waals surface area contributed by atoms with Gasteiger partial charge >= 0.3 is 0 Å². The molecule has 0 amide bonds. The summed E-state index contributed by atoms with van der Waals surface area (Å²) in [6.07, 6.45) is 6.83. The molecule has 1 aromatic carbocycles. The van der Waals surface area contributed by atoms with Crippen molar-refractivity contribution in [2.24, 2.45) is 0 Å². The van der Waals surface area contributed by atoms with Crippen LogP contribution in [-0.2, 0) is 5.41 Å². The van der Waals surface area contributed by atoms with Crippen molar-refractivity contribution in [3.05, 3.63) is 41.5 Å². The minimum Gasteiger partial charge on any atom is -0.497 e. The second-order valence-corrected chi connectivity index (χ2v) is 7.32. The second kappa shape index (κ2) is 6.79. The lowest BCUT2D eigenvalue weighted by molar-refractivity contribution is 0.207. The first-order chi connectivity index (χ1) is 12.3. The highest BCUT2D eigenvalue weighted by Gasteiger charge is 2.45. The van der Waals surface area contributed by atoms with Gasteiger partial charge in [-0.15, -0.1) is 0 Å². The summed E-state index contributed by atoms with van der Waals surface area (Å²) in [5.41, 5.74) is 1.13. The Kier molecular flexibility index (Phi) is 4.50. The fourth-order valence-electron chi connectivity index (χ4n) is 4.32. The van der Waals surface area contributed by atoms with E-state index in [0.717, 1.165) is 56.2 Å². The lowest BCUT2D eigenvalue weighted by Gasteiger charge is -2.39. The van der Waals surface area contributed by atoms with E-state index in [1.54, 1.807) is 7.11 Å². The van der Waals surface area contributed by atoms with Crippen LogP contribution in [0.15, 0.2) is 28.8 Å². The van der Waals surface area contributed by atoms with Gasteiger partial charge in [-0.3, -0.25) is 4.90 Å². The van der Waals surface area contributed by atoms with Crippen LogP contribution in [0.4, 0.5) is 0 Å². The van der Waals surface area contributed by atoms with Crippen LogP contribution in [-0.4, -0.2) is 35.2 Å². The largest absolute Gasteiger partial charge is 0.497 e. The smallest absolute Gasteiger partial charge is 0.244 e. The van der Waals surface area contributed by atoms with Crippen LogP contribution in [0.1, 0.15) is 68.8 Å². The van der Waals surface area contributed by atoms with Gasteiger partial charge in [-0.25, -0.2) is 0 Å². The van der Waals surface area contributed by atoms with Crippen molar-refractivity contribution in [3.8, 4) is 5.75 Å². The van der Waals surface area contributed by atoms with Crippen LogP contribution in [0.5, 0.6) is 5.75 Å². The SMILES string of the molecule is CCCN1CCCC1c1nc(C2(c3cccc(OC)c3)CCC2)no1. The summed E-state index contributed by atoms with van der Waals surface area (Å²) in [6, 6.07) is 8.61. The van der Waals surface area contributed by atoms with Gasteiger partial charge in [0.15, 0.2) is 5.82 Å². The van der Waals surface area contributed by atoms with Gasteiger partial charge < -0.3 is 9.26 Å². The van der Waals surface area contributed by atoms with Gasteiger partial charge in [-0.1, -0.05) is 30.6 Å². The molecule has 1 saturated carbocycles. The number of rotatable bonds is 6. The van der Waals surface area contributed by atoms with E-state index < -0.39 is 0 Å². The molecule has 0 bridgehead atoms. The maximum absolute atomic E-state index is 5.75. The van der Waals surface area contributed by atoms with E-state index in [-0.39, 0.29) is 5.41 Å². The summed E-state index contributed by atoms with van der Waals surface area (Å²) in [5.74, 6) is 2.54. The van der Waals surface area contributed by atoms with Gasteiger partial charge in [-0.2, -0.15) is 4.98 Å². The zero-order chi connectivity index (χ0) is 17.3. The number of aromatic nitrogens is 2. The Labute approximate surface area is 149 Å². The Morgan fingerprint density at radius 1 is 1.32 bits per heavy atom. The summed E-state index contributed by atoms with van der Waals surface area (Å²) in [6.45, 7) is 4.46. The first-order valence-corrected chi connectivity index (χ1v) is 9.49. The van der Waals surface area contributed by atoms with Crippen LogP contribution in [0, 0.1) is 0 Å². The Balaban J connectivity index is 1.63. The van der Waals surface area contributed by atoms with E-state index in [4.69, 9.17) is 14.2 Å². The van der Waals surface area contributed by atoms with Gasteiger partial charge in [0.1, 0.15) is 5.75 Å². The Morgan fingerprint density at radius 3 is 2.92 bits per heavy atom. The number of hydrogen-bond donors (Lipinski definition) is 0. The molecule has 5 heteroatoms. The molecule has 1 atom stereocenters. The zero-order valence-corrected chi connectivity index (χ0v) is 15.2. The van der Waals surface area contributed by atoms with Crippen LogP contribution in [0.2, 0.25) is 0 Å². The maximum atomic E-state index is 5.75. The average molecular weight is 341 g/mol. The quantitative estimate of drug-likeness (QED) is 0.792. The number of nitrogens with zero attached hydrogens (tertiary/aromatic N) is 3. The molecule has 1 unspecified atom stereocenters. The molecule has 0 radical (unpaired) electrons. The second-order valence-electron chi connectivity index (χ2n) is 7.32. The Morgan fingerprint density at radius 2 is 2.20 bits per heavy atom. The molecule has 2 fully saturated rings. The summed E-state index contributed by atoms with van der Waals surface area (Å²) < 4.78 is 11.2. The van der Waals surface area contributed by atoms with E-state index >= 15 is 0 Å². The van der Waals surface area contributed by atoms with E-state index in [9.17, 15) is 0 Å². The van der Waals surface area contributed by atoms with Crippen molar-refractivity contribution < 1.29 is 9.26 Å². The highest BCUT2D eigenvalue weighted by molar-refractivity contribution is 5.40. The highest BCUT2D eigenvalue weighted by atomic mass is 16.5. The van der Waals surface area contributed by atoms with Crippen molar-refractivity contribution >= 4 is 0 Å². The van der Waals surface area contributed by atoms with Gasteiger partial charge in [-0.05, 0) is 62.9 Å². The number of likely N-dealkylation sites (tertiary alicyclic amines) is 1. The molecule has 2 aliphatic rings. The minimum atomic E-state index is -0.107. The molecule has 1 aromatic heterocycles. The van der Waals surface area contributed by atoms with Crippen LogP contribution in [0.25, 0.3) is 0 Å². The van der Waals surface area contributed by atoms with Crippen molar-refractivity contribution in [1.29, 1.82) is 0 Å². The van der Waals surface area contributed by atoms with Crippen LogP contribution >= 0.6 is 0 Å². The average Bonchev–Trinajstić information content (AvgIpc) is 3.24. The highest BCUT2D eigenvalue weighted by Crippen LogP contribution is 2.48. The lowest BCUT2D eigenvalue weighted by atomic mass is 9.64. The van der Waals surface area contributed by atoms with E-state index in [1.807, 2.05) is 6.07 Å². The first kappa shape index (κ1) is 16.6. The summed E-state index contributed by atoms with van der Waals surface area (Å²) in [7, 11) is 1.71. The molecule has 0 spiro atoms. The predicted molar refractivity (Wildman–Crippen MR) is 95.8 cm³/mol. The van der Waals surface area contributed by atoms with Gasteiger partial charge in [0.25, 0.3) is 0 Å². The lowest BCUT2D eigenvalue weighted by Crippen LogP contribution is -2.36. The standard InChI is InChI=1S/C20H27N3O2/c1-3-12-23-13-5-9-17(23)18-21-19(22-25-18)20(10-6-11-20)15-7-4-8-16(14-15)24-2/h4,7-8,14,17H,3,5-6,9-13H2,1-2H3. The van der Waals surface area contributed by atoms with Crippen molar-refractivity contribution in [2.45, 2.75) is 56.9 Å². The third kappa shape index (κ3) is 2.84. The van der Waals surface area contributed by atoms with Crippen LogP contribution in [0.3, 0.4) is 0 Å². The summed E-state index contributed by atoms with van der Waals surface area (Å²) in [5, 5.41) is 4.43. The van der Waals surface area contributed by atoms with Crippen molar-refractivity contribution in [2.75, 3.05) is 20.2 Å². The third-order valence-electron chi connectivity index (χ3n) is 5.86. The number of hydrogen-bond acceptors (Lipinski definition) is 5. The molecule has 2 heterocycles. The van der Waals surface area contributed by atoms with Gasteiger partial charge in [0.05, 0.1) is 18.6 Å². The molecule has 0 N–H and O–H groups in total. The molecule has 1 saturated heterocycles. The third-order valence-corrected chi connectivity index (χ3v) is 5.86. The molecular weight excluding hydrogens is 314 g/mol. The Hall–Kier alpha value is -1.88. The van der Waals surface area contributed by atoms with E-state index in [1.165, 1.54) is 18.4 Å². The monoisotopic (exact) mass is 341 g/mol. The summed E-state index contributed by atoms with van der Waals surface area (Å²) >= 11 is 0. The van der Waals surface area contributed by atoms with Crippen LogP contribution < -0.4 is 4.74 Å². The fraction of sp³-hybridized carbons (Fsp3) is 0.600. The minimum absolute atomic E-state index is 0.107. The molecule has 134 valence electrons. The summed E-state index contributed by atoms with van der Waals surface area (Å²) in [4.78, 5) is 7.37.